The maximum absolute atomic E-state index is 13.4. The van der Waals surface area contributed by atoms with Crippen molar-refractivity contribution < 1.29 is 19.1 Å². The van der Waals surface area contributed by atoms with Crippen LogP contribution >= 0.6 is 24.2 Å². The smallest absolute Gasteiger partial charge is 0.254 e. The fraction of sp³-hybridized carbons (Fsp3) is 0.423. The van der Waals surface area contributed by atoms with Crippen LogP contribution < -0.4 is 9.47 Å². The normalized spacial score (nSPS) is 18.2. The van der Waals surface area contributed by atoms with Crippen LogP contribution in [0.1, 0.15) is 40.7 Å². The lowest BCUT2D eigenvalue weighted by Gasteiger charge is -2.32. The first kappa shape index (κ1) is 27.2. The van der Waals surface area contributed by atoms with Gasteiger partial charge in [0.05, 0.1) is 20.3 Å². The molecule has 0 spiro atoms. The highest BCUT2D eigenvalue weighted by Gasteiger charge is 2.31. The summed E-state index contributed by atoms with van der Waals surface area (Å²) in [6.07, 6.45) is 1.97. The maximum atomic E-state index is 13.4. The topological polar surface area (TPSA) is 54.5 Å². The van der Waals surface area contributed by atoms with E-state index in [-0.39, 0.29) is 23.7 Å². The maximum Gasteiger partial charge on any atom is 0.254 e. The summed E-state index contributed by atoms with van der Waals surface area (Å²) in [5.41, 5.74) is 2.69. The summed E-state index contributed by atoms with van der Waals surface area (Å²) in [7, 11) is 3.75. The van der Waals surface area contributed by atoms with Crippen LogP contribution in [0, 0.1) is 0 Å². The number of hydrogen-bond donors (Lipinski definition) is 0. The molecule has 2 aliphatic heterocycles. The van der Waals surface area contributed by atoms with Crippen LogP contribution in [0.4, 0.5) is 0 Å². The molecule has 1 amide bonds. The Kier molecular flexibility index (Phi) is 9.74. The number of thioether (sulfide) groups is 1. The molecular weight excluding hydrogens is 486 g/mol. The summed E-state index contributed by atoms with van der Waals surface area (Å²) in [4.78, 5) is 24.3. The molecular formula is C26H34ClN3O4S. The van der Waals surface area contributed by atoms with Gasteiger partial charge in [-0.15, -0.1) is 12.4 Å². The number of piperazine rings is 1. The third-order valence-electron chi connectivity index (χ3n) is 5.99. The van der Waals surface area contributed by atoms with Gasteiger partial charge in [0.1, 0.15) is 5.37 Å². The molecule has 2 aromatic carbocycles. The quantitative estimate of drug-likeness (QED) is 0.491. The number of hydrogen-bond acceptors (Lipinski definition) is 7. The Morgan fingerprint density at radius 3 is 2.37 bits per heavy atom. The number of ether oxygens (including phenoxy) is 2. The molecule has 0 saturated carbocycles. The number of amides is 1. The lowest BCUT2D eigenvalue weighted by molar-refractivity contribution is -0.0950. The third kappa shape index (κ3) is 6.06. The van der Waals surface area contributed by atoms with Gasteiger partial charge < -0.3 is 19.3 Å². The number of carbonyl (C=O) groups excluding carboxylic acids is 1. The van der Waals surface area contributed by atoms with Crippen LogP contribution in [0.25, 0.3) is 4.91 Å². The molecule has 7 nitrogen and oxygen atoms in total. The molecule has 1 saturated heterocycles. The third-order valence-corrected chi connectivity index (χ3v) is 7.27. The van der Waals surface area contributed by atoms with Crippen molar-refractivity contribution >= 4 is 35.0 Å². The van der Waals surface area contributed by atoms with Gasteiger partial charge in [-0.3, -0.25) is 9.63 Å². The molecule has 0 aliphatic carbocycles. The second-order valence-electron chi connectivity index (χ2n) is 8.22. The Morgan fingerprint density at radius 1 is 1.00 bits per heavy atom. The van der Waals surface area contributed by atoms with E-state index in [2.05, 4.69) is 11.9 Å². The summed E-state index contributed by atoms with van der Waals surface area (Å²) in [6, 6.07) is 13.8. The van der Waals surface area contributed by atoms with Gasteiger partial charge in [0.15, 0.2) is 11.5 Å². The number of halogens is 1. The van der Waals surface area contributed by atoms with E-state index in [0.717, 1.165) is 59.3 Å². The monoisotopic (exact) mass is 519 g/mol. The first-order chi connectivity index (χ1) is 16.5. The van der Waals surface area contributed by atoms with E-state index in [0.29, 0.717) is 13.2 Å². The predicted octanol–water partition coefficient (Wildman–Crippen LogP) is 4.90. The van der Waals surface area contributed by atoms with E-state index in [9.17, 15) is 4.79 Å². The van der Waals surface area contributed by atoms with Crippen molar-refractivity contribution in [2.45, 2.75) is 19.2 Å². The average Bonchev–Trinajstić information content (AvgIpc) is 3.30. The minimum Gasteiger partial charge on any atom is -0.490 e. The number of hydroxylamine groups is 2. The molecule has 2 aromatic rings. The van der Waals surface area contributed by atoms with E-state index in [1.54, 1.807) is 18.9 Å². The van der Waals surface area contributed by atoms with E-state index in [1.165, 1.54) is 0 Å². The molecule has 0 bridgehead atoms. The predicted molar refractivity (Wildman–Crippen MR) is 143 cm³/mol. The molecule has 0 radical (unpaired) electrons. The largest absolute Gasteiger partial charge is 0.490 e. The molecule has 4 rings (SSSR count). The molecule has 2 aliphatic rings. The summed E-state index contributed by atoms with van der Waals surface area (Å²) in [5, 5.41) is 1.71. The zero-order valence-corrected chi connectivity index (χ0v) is 22.4. The molecule has 1 atom stereocenters. The molecule has 2 heterocycles. The highest BCUT2D eigenvalue weighted by molar-refractivity contribution is 8.08. The standard InChI is InChI=1S/C26H33N3O4S.ClH/c1-5-32-22-12-11-19(17-23(22)33-6-2)26-29(31-4)18-24(34-26)20-9-7-8-10-21(20)25(30)28-15-13-27(3)14-16-28;/h7-12,17-18,26H,5-6,13-16H2,1-4H3;1H. The van der Waals surface area contributed by atoms with E-state index < -0.39 is 0 Å². The molecule has 0 aromatic heterocycles. The number of benzene rings is 2. The van der Waals surface area contributed by atoms with Gasteiger partial charge in [0.2, 0.25) is 0 Å². The van der Waals surface area contributed by atoms with E-state index in [1.807, 2.05) is 72.5 Å². The second kappa shape index (κ2) is 12.5. The zero-order valence-electron chi connectivity index (χ0n) is 20.7. The highest BCUT2D eigenvalue weighted by atomic mass is 35.5. The fourth-order valence-electron chi connectivity index (χ4n) is 4.17. The lowest BCUT2D eigenvalue weighted by Crippen LogP contribution is -2.47. The van der Waals surface area contributed by atoms with Crippen molar-refractivity contribution in [3.05, 3.63) is 65.4 Å². The first-order valence-electron chi connectivity index (χ1n) is 11.7. The van der Waals surface area contributed by atoms with Gasteiger partial charge in [-0.25, -0.2) is 5.06 Å². The van der Waals surface area contributed by atoms with Crippen molar-refractivity contribution in [2.75, 3.05) is 53.6 Å². The van der Waals surface area contributed by atoms with Crippen LogP contribution in [0.2, 0.25) is 0 Å². The van der Waals surface area contributed by atoms with Crippen molar-refractivity contribution in [1.82, 2.24) is 14.9 Å². The summed E-state index contributed by atoms with van der Waals surface area (Å²) < 4.78 is 11.6. The Bertz CT molecular complexity index is 1040. The Labute approximate surface area is 218 Å². The van der Waals surface area contributed by atoms with E-state index >= 15 is 0 Å². The Morgan fingerprint density at radius 2 is 1.69 bits per heavy atom. The lowest BCUT2D eigenvalue weighted by atomic mass is 10.1. The minimum atomic E-state index is -0.110. The molecule has 35 heavy (non-hydrogen) atoms. The molecule has 190 valence electrons. The van der Waals surface area contributed by atoms with Gasteiger partial charge >= 0.3 is 0 Å². The van der Waals surface area contributed by atoms with Crippen molar-refractivity contribution in [3.63, 3.8) is 0 Å². The van der Waals surface area contributed by atoms with Crippen molar-refractivity contribution in [2.24, 2.45) is 0 Å². The van der Waals surface area contributed by atoms with Crippen LogP contribution in [0.3, 0.4) is 0 Å². The molecule has 9 heteroatoms. The van der Waals surface area contributed by atoms with Crippen molar-refractivity contribution in [1.29, 1.82) is 0 Å². The van der Waals surface area contributed by atoms with Crippen LogP contribution in [-0.2, 0) is 4.84 Å². The van der Waals surface area contributed by atoms with Gasteiger partial charge in [-0.05, 0) is 44.7 Å². The zero-order chi connectivity index (χ0) is 24.1. The fourth-order valence-corrected chi connectivity index (χ4v) is 5.41. The highest BCUT2D eigenvalue weighted by Crippen LogP contribution is 2.50. The van der Waals surface area contributed by atoms with Crippen molar-refractivity contribution in [3.8, 4) is 11.5 Å². The SMILES string of the molecule is CCOc1ccc(C2SC(c3ccccc3C(=O)N3CCN(C)CC3)=CN2OC)cc1OCC.Cl. The Hall–Kier alpha value is -2.39. The Balaban J connectivity index is 0.00000342. The summed E-state index contributed by atoms with van der Waals surface area (Å²) in [6.45, 7) is 8.33. The summed E-state index contributed by atoms with van der Waals surface area (Å²) >= 11 is 1.66. The van der Waals surface area contributed by atoms with Gasteiger partial charge in [-0.2, -0.15) is 0 Å². The van der Waals surface area contributed by atoms with Crippen LogP contribution in [0.5, 0.6) is 11.5 Å². The average molecular weight is 520 g/mol. The summed E-state index contributed by atoms with van der Waals surface area (Å²) in [5.74, 6) is 1.53. The van der Waals surface area contributed by atoms with Crippen LogP contribution in [-0.4, -0.2) is 74.3 Å². The van der Waals surface area contributed by atoms with Gasteiger partial charge in [0, 0.05) is 48.4 Å². The van der Waals surface area contributed by atoms with E-state index in [4.69, 9.17) is 14.3 Å². The first-order valence-corrected chi connectivity index (χ1v) is 12.6. The number of likely N-dealkylation sites (N-methyl/N-ethyl adjacent to an activating group) is 1. The minimum absolute atomic E-state index is 0. The van der Waals surface area contributed by atoms with Gasteiger partial charge in [0.25, 0.3) is 5.91 Å². The molecule has 1 unspecified atom stereocenters. The second-order valence-corrected chi connectivity index (χ2v) is 9.34. The number of nitrogens with zero attached hydrogens (tertiary/aromatic N) is 3. The molecule has 0 N–H and O–H groups in total. The molecule has 1 fully saturated rings. The van der Waals surface area contributed by atoms with Crippen LogP contribution in [0.15, 0.2) is 48.7 Å². The number of rotatable bonds is 8. The van der Waals surface area contributed by atoms with Gasteiger partial charge in [-0.1, -0.05) is 36.0 Å². The number of carbonyl (C=O) groups is 1.